The standard InChI is InChI=1S/C15H13N3O.ClH/c16-15(17)18-14(19)10-5-6-13-11(8-10)7-9-3-1-2-4-12(9)13;/h1-6,8H,7H2,(H4,16,17,18,19);1H. The summed E-state index contributed by atoms with van der Waals surface area (Å²) in [6.07, 6.45) is 0.842. The molecule has 0 aromatic heterocycles. The Balaban J connectivity index is 0.00000147. The molecule has 5 heteroatoms. The van der Waals surface area contributed by atoms with Gasteiger partial charge in [0.25, 0.3) is 5.91 Å². The summed E-state index contributed by atoms with van der Waals surface area (Å²) < 4.78 is 0. The molecule has 3 rings (SSSR count). The smallest absolute Gasteiger partial charge is 0.280 e. The van der Waals surface area contributed by atoms with E-state index >= 15 is 0 Å². The molecule has 0 fully saturated rings. The van der Waals surface area contributed by atoms with E-state index in [1.165, 1.54) is 16.7 Å². The topological polar surface area (TPSA) is 81.5 Å². The van der Waals surface area contributed by atoms with Crippen molar-refractivity contribution in [2.24, 2.45) is 16.5 Å². The van der Waals surface area contributed by atoms with Crippen LogP contribution in [0.15, 0.2) is 47.5 Å². The number of halogens is 1. The lowest BCUT2D eigenvalue weighted by molar-refractivity contribution is 0.100. The molecule has 20 heavy (non-hydrogen) atoms. The van der Waals surface area contributed by atoms with Gasteiger partial charge < -0.3 is 11.5 Å². The quantitative estimate of drug-likeness (QED) is 0.531. The summed E-state index contributed by atoms with van der Waals surface area (Å²) in [6.45, 7) is 0. The second kappa shape index (κ2) is 5.35. The van der Waals surface area contributed by atoms with Crippen molar-refractivity contribution in [2.75, 3.05) is 0 Å². The van der Waals surface area contributed by atoms with E-state index in [1.54, 1.807) is 6.07 Å². The summed E-state index contributed by atoms with van der Waals surface area (Å²) in [5.41, 5.74) is 15.8. The van der Waals surface area contributed by atoms with Gasteiger partial charge in [-0.05, 0) is 40.8 Å². The van der Waals surface area contributed by atoms with Crippen molar-refractivity contribution in [3.63, 3.8) is 0 Å². The summed E-state index contributed by atoms with van der Waals surface area (Å²) in [5, 5.41) is 0. The fourth-order valence-corrected chi connectivity index (χ4v) is 2.46. The molecular weight excluding hydrogens is 274 g/mol. The third-order valence-corrected chi connectivity index (χ3v) is 3.27. The van der Waals surface area contributed by atoms with Gasteiger partial charge in [-0.1, -0.05) is 30.3 Å². The second-order valence-electron chi connectivity index (χ2n) is 4.55. The molecule has 1 aliphatic carbocycles. The number of amides is 1. The van der Waals surface area contributed by atoms with Crippen molar-refractivity contribution in [1.29, 1.82) is 0 Å². The van der Waals surface area contributed by atoms with Crippen LogP contribution in [0.4, 0.5) is 0 Å². The summed E-state index contributed by atoms with van der Waals surface area (Å²) in [4.78, 5) is 15.3. The third-order valence-electron chi connectivity index (χ3n) is 3.27. The van der Waals surface area contributed by atoms with Crippen molar-refractivity contribution in [3.05, 3.63) is 59.2 Å². The highest BCUT2D eigenvalue weighted by atomic mass is 35.5. The highest BCUT2D eigenvalue weighted by Gasteiger charge is 2.19. The number of hydrogen-bond donors (Lipinski definition) is 2. The number of aliphatic imine (C=N–C) groups is 1. The first-order chi connectivity index (χ1) is 9.15. The van der Waals surface area contributed by atoms with Crippen LogP contribution in [0.2, 0.25) is 0 Å². The molecular formula is C15H14ClN3O. The Morgan fingerprint density at radius 1 is 1.00 bits per heavy atom. The van der Waals surface area contributed by atoms with E-state index in [0.29, 0.717) is 5.56 Å². The van der Waals surface area contributed by atoms with Gasteiger partial charge in [0.1, 0.15) is 0 Å². The Bertz CT molecular complexity index is 706. The third kappa shape index (κ3) is 2.38. The van der Waals surface area contributed by atoms with Crippen molar-refractivity contribution in [1.82, 2.24) is 0 Å². The monoisotopic (exact) mass is 287 g/mol. The van der Waals surface area contributed by atoms with Crippen LogP contribution in [-0.2, 0) is 6.42 Å². The number of benzene rings is 2. The molecule has 0 atom stereocenters. The molecule has 0 saturated heterocycles. The van der Waals surface area contributed by atoms with Crippen molar-refractivity contribution in [3.8, 4) is 11.1 Å². The lowest BCUT2D eigenvalue weighted by Crippen LogP contribution is -2.24. The fourth-order valence-electron chi connectivity index (χ4n) is 2.46. The van der Waals surface area contributed by atoms with E-state index in [0.717, 1.165) is 12.0 Å². The highest BCUT2D eigenvalue weighted by molar-refractivity contribution is 6.02. The van der Waals surface area contributed by atoms with E-state index < -0.39 is 5.91 Å². The van der Waals surface area contributed by atoms with E-state index in [2.05, 4.69) is 17.1 Å². The fraction of sp³-hybridized carbons (Fsp3) is 0.0667. The number of nitrogens with two attached hydrogens (primary N) is 2. The average Bonchev–Trinajstić information content (AvgIpc) is 2.75. The minimum Gasteiger partial charge on any atom is -0.370 e. The first-order valence-corrected chi connectivity index (χ1v) is 6.00. The Morgan fingerprint density at radius 2 is 1.70 bits per heavy atom. The maximum Gasteiger partial charge on any atom is 0.280 e. The predicted octanol–water partition coefficient (Wildman–Crippen LogP) is 2.09. The number of guanidine groups is 1. The van der Waals surface area contributed by atoms with E-state index in [1.807, 2.05) is 24.3 Å². The molecule has 0 spiro atoms. The van der Waals surface area contributed by atoms with Crippen LogP contribution in [0.1, 0.15) is 21.5 Å². The normalized spacial score (nSPS) is 11.0. The molecule has 2 aromatic carbocycles. The molecule has 4 nitrogen and oxygen atoms in total. The van der Waals surface area contributed by atoms with Crippen LogP contribution >= 0.6 is 12.4 Å². The Labute approximate surface area is 122 Å². The van der Waals surface area contributed by atoms with Crippen molar-refractivity contribution in [2.45, 2.75) is 6.42 Å². The van der Waals surface area contributed by atoms with Crippen molar-refractivity contribution < 1.29 is 4.79 Å². The lowest BCUT2D eigenvalue weighted by atomic mass is 10.0. The van der Waals surface area contributed by atoms with E-state index in [9.17, 15) is 4.79 Å². The summed E-state index contributed by atoms with van der Waals surface area (Å²) >= 11 is 0. The molecule has 1 aliphatic rings. The lowest BCUT2D eigenvalue weighted by Gasteiger charge is -2.02. The molecule has 0 unspecified atom stereocenters. The van der Waals surface area contributed by atoms with E-state index in [-0.39, 0.29) is 18.4 Å². The summed E-state index contributed by atoms with van der Waals surface area (Å²) in [5.74, 6) is -0.618. The molecule has 1 amide bonds. The van der Waals surface area contributed by atoms with Gasteiger partial charge in [0.05, 0.1) is 0 Å². The first-order valence-electron chi connectivity index (χ1n) is 6.00. The molecule has 0 aliphatic heterocycles. The minimum atomic E-state index is -0.404. The van der Waals surface area contributed by atoms with Gasteiger partial charge in [-0.3, -0.25) is 4.79 Å². The van der Waals surface area contributed by atoms with Gasteiger partial charge >= 0.3 is 0 Å². The molecule has 0 bridgehead atoms. The SMILES string of the molecule is Cl.NC(N)=NC(=O)c1ccc2c(c1)Cc1ccccc1-2. The van der Waals surface area contributed by atoms with Crippen LogP contribution < -0.4 is 11.5 Å². The Hall–Kier alpha value is -2.33. The van der Waals surface area contributed by atoms with Crippen molar-refractivity contribution >= 4 is 24.3 Å². The van der Waals surface area contributed by atoms with Gasteiger partial charge in [0, 0.05) is 5.56 Å². The number of fused-ring (bicyclic) bond motifs is 3. The zero-order chi connectivity index (χ0) is 13.4. The maximum absolute atomic E-state index is 11.8. The number of rotatable bonds is 1. The summed E-state index contributed by atoms with van der Waals surface area (Å²) in [7, 11) is 0. The second-order valence-corrected chi connectivity index (χ2v) is 4.55. The van der Waals surface area contributed by atoms with Crippen LogP contribution in [0, 0.1) is 0 Å². The zero-order valence-electron chi connectivity index (χ0n) is 10.7. The maximum atomic E-state index is 11.8. The molecule has 0 saturated carbocycles. The van der Waals surface area contributed by atoms with Crippen LogP contribution in [0.5, 0.6) is 0 Å². The minimum absolute atomic E-state index is 0. The number of hydrogen-bond acceptors (Lipinski definition) is 1. The number of nitrogens with zero attached hydrogens (tertiary/aromatic N) is 1. The largest absolute Gasteiger partial charge is 0.370 e. The zero-order valence-corrected chi connectivity index (χ0v) is 11.5. The molecule has 0 radical (unpaired) electrons. The molecule has 102 valence electrons. The van der Waals surface area contributed by atoms with Gasteiger partial charge in [-0.25, -0.2) is 0 Å². The molecule has 2 aromatic rings. The van der Waals surface area contributed by atoms with Gasteiger partial charge in [0.2, 0.25) is 0 Å². The van der Waals surface area contributed by atoms with Gasteiger partial charge in [-0.15, -0.1) is 12.4 Å². The van der Waals surface area contributed by atoms with Crippen LogP contribution in [0.25, 0.3) is 11.1 Å². The number of carbonyl (C=O) groups excluding carboxylic acids is 1. The predicted molar refractivity (Wildman–Crippen MR) is 82.1 cm³/mol. The first kappa shape index (κ1) is 14.1. The van der Waals surface area contributed by atoms with Gasteiger partial charge in [-0.2, -0.15) is 4.99 Å². The van der Waals surface area contributed by atoms with Crippen LogP contribution in [0.3, 0.4) is 0 Å². The van der Waals surface area contributed by atoms with Crippen LogP contribution in [-0.4, -0.2) is 11.9 Å². The Morgan fingerprint density at radius 3 is 2.45 bits per heavy atom. The Kier molecular flexibility index (Phi) is 3.77. The molecule has 4 N–H and O–H groups in total. The average molecular weight is 288 g/mol. The molecule has 0 heterocycles. The highest BCUT2D eigenvalue weighted by Crippen LogP contribution is 2.36. The van der Waals surface area contributed by atoms with E-state index in [4.69, 9.17) is 11.5 Å². The number of carbonyl (C=O) groups is 1. The summed E-state index contributed by atoms with van der Waals surface area (Å²) in [6, 6.07) is 13.8. The van der Waals surface area contributed by atoms with Gasteiger partial charge in [0.15, 0.2) is 5.96 Å².